The van der Waals surface area contributed by atoms with Gasteiger partial charge in [-0.2, -0.15) is 4.31 Å². The lowest BCUT2D eigenvalue weighted by atomic mass is 10.1. The summed E-state index contributed by atoms with van der Waals surface area (Å²) in [5.41, 5.74) is 1.38. The Balaban J connectivity index is 1.26. The predicted octanol–water partition coefficient (Wildman–Crippen LogP) is 1.40. The average Bonchev–Trinajstić information content (AvgIpc) is 3.37. The van der Waals surface area contributed by atoms with E-state index in [1.54, 1.807) is 11.0 Å². The van der Waals surface area contributed by atoms with Gasteiger partial charge in [0.05, 0.1) is 30.8 Å². The number of sulfonamides is 1. The fourth-order valence-electron chi connectivity index (χ4n) is 4.53. The van der Waals surface area contributed by atoms with E-state index < -0.39 is 10.0 Å². The molecule has 188 valence electrons. The van der Waals surface area contributed by atoms with Crippen molar-refractivity contribution in [2.24, 2.45) is 0 Å². The summed E-state index contributed by atoms with van der Waals surface area (Å²) in [6.07, 6.45) is 0. The molecule has 3 aliphatic heterocycles. The van der Waals surface area contributed by atoms with Crippen LogP contribution in [0.15, 0.2) is 41.3 Å². The summed E-state index contributed by atoms with van der Waals surface area (Å²) in [6, 6.07) is 10.4. The van der Waals surface area contributed by atoms with Crippen molar-refractivity contribution in [1.29, 1.82) is 0 Å². The Labute approximate surface area is 205 Å². The number of fused-ring (bicyclic) bond motifs is 1. The van der Waals surface area contributed by atoms with Gasteiger partial charge in [-0.3, -0.25) is 9.69 Å². The van der Waals surface area contributed by atoms with E-state index in [-0.39, 0.29) is 23.2 Å². The number of amides is 1. The second kappa shape index (κ2) is 10.0. The maximum absolute atomic E-state index is 13.4. The van der Waals surface area contributed by atoms with Gasteiger partial charge in [0.25, 0.3) is 5.91 Å². The highest BCUT2D eigenvalue weighted by Crippen LogP contribution is 2.33. The van der Waals surface area contributed by atoms with E-state index in [0.29, 0.717) is 58.2 Å². The SMILES string of the molecule is COc1ccc(S(=O)(=O)N2CCOCC2)cc1C(=O)N1CCN(Cc2ccc3c(c2)OCO3)CC1. The summed E-state index contributed by atoms with van der Waals surface area (Å²) in [5, 5.41) is 0. The minimum absolute atomic E-state index is 0.0880. The molecular formula is C24H29N3O7S. The van der Waals surface area contributed by atoms with Crippen LogP contribution in [0.3, 0.4) is 0 Å². The van der Waals surface area contributed by atoms with Gasteiger partial charge in [0, 0.05) is 45.8 Å². The molecule has 1 amide bonds. The second-order valence-electron chi connectivity index (χ2n) is 8.63. The maximum Gasteiger partial charge on any atom is 0.257 e. The number of nitrogens with zero attached hydrogens (tertiary/aromatic N) is 3. The minimum atomic E-state index is -3.72. The van der Waals surface area contributed by atoms with E-state index >= 15 is 0 Å². The van der Waals surface area contributed by atoms with Gasteiger partial charge in [0.1, 0.15) is 5.75 Å². The first-order chi connectivity index (χ1) is 17.0. The molecule has 5 rings (SSSR count). The molecule has 0 N–H and O–H groups in total. The van der Waals surface area contributed by atoms with Crippen LogP contribution in [0.4, 0.5) is 0 Å². The average molecular weight is 504 g/mol. The molecule has 3 aliphatic rings. The van der Waals surface area contributed by atoms with Crippen molar-refractivity contribution in [3.05, 3.63) is 47.5 Å². The van der Waals surface area contributed by atoms with Crippen molar-refractivity contribution >= 4 is 15.9 Å². The molecular weight excluding hydrogens is 474 g/mol. The molecule has 35 heavy (non-hydrogen) atoms. The van der Waals surface area contributed by atoms with E-state index in [0.717, 1.165) is 23.6 Å². The quantitative estimate of drug-likeness (QED) is 0.584. The molecule has 0 saturated carbocycles. The number of piperazine rings is 1. The lowest BCUT2D eigenvalue weighted by Crippen LogP contribution is -2.48. The Hall–Kier alpha value is -2.86. The van der Waals surface area contributed by atoms with Gasteiger partial charge in [-0.05, 0) is 35.9 Å². The molecule has 0 aliphatic carbocycles. The molecule has 0 bridgehead atoms. The summed E-state index contributed by atoms with van der Waals surface area (Å²) in [6.45, 7) is 4.77. The number of carbonyl (C=O) groups excluding carboxylic acids is 1. The number of morpholine rings is 1. The number of rotatable bonds is 6. The lowest BCUT2D eigenvalue weighted by Gasteiger charge is -2.35. The fraction of sp³-hybridized carbons (Fsp3) is 0.458. The van der Waals surface area contributed by atoms with Crippen LogP contribution in [0.1, 0.15) is 15.9 Å². The number of hydrogen-bond donors (Lipinski definition) is 0. The molecule has 2 aromatic carbocycles. The monoisotopic (exact) mass is 503 g/mol. The molecule has 0 atom stereocenters. The van der Waals surface area contributed by atoms with E-state index in [1.807, 2.05) is 18.2 Å². The number of benzene rings is 2. The summed E-state index contributed by atoms with van der Waals surface area (Å²) in [7, 11) is -2.24. The van der Waals surface area contributed by atoms with Gasteiger partial charge >= 0.3 is 0 Å². The smallest absolute Gasteiger partial charge is 0.257 e. The van der Waals surface area contributed by atoms with E-state index in [4.69, 9.17) is 18.9 Å². The van der Waals surface area contributed by atoms with Crippen LogP contribution in [0, 0.1) is 0 Å². The highest BCUT2D eigenvalue weighted by atomic mass is 32.2. The summed E-state index contributed by atoms with van der Waals surface area (Å²) in [5.74, 6) is 1.65. The highest BCUT2D eigenvalue weighted by molar-refractivity contribution is 7.89. The van der Waals surface area contributed by atoms with Crippen molar-refractivity contribution in [2.75, 3.05) is 66.4 Å². The zero-order chi connectivity index (χ0) is 24.4. The molecule has 0 radical (unpaired) electrons. The highest BCUT2D eigenvalue weighted by Gasteiger charge is 2.30. The largest absolute Gasteiger partial charge is 0.496 e. The third-order valence-electron chi connectivity index (χ3n) is 6.51. The van der Waals surface area contributed by atoms with Crippen LogP contribution in [0.2, 0.25) is 0 Å². The Kier molecular flexibility index (Phi) is 6.83. The van der Waals surface area contributed by atoms with Crippen molar-refractivity contribution in [3.63, 3.8) is 0 Å². The van der Waals surface area contributed by atoms with Crippen LogP contribution in [0.5, 0.6) is 17.2 Å². The Morgan fingerprint density at radius 3 is 2.43 bits per heavy atom. The second-order valence-corrected chi connectivity index (χ2v) is 10.6. The summed E-state index contributed by atoms with van der Waals surface area (Å²) < 4.78 is 49.1. The van der Waals surface area contributed by atoms with E-state index in [9.17, 15) is 13.2 Å². The van der Waals surface area contributed by atoms with Gasteiger partial charge in [-0.15, -0.1) is 0 Å². The van der Waals surface area contributed by atoms with Crippen LogP contribution >= 0.6 is 0 Å². The van der Waals surface area contributed by atoms with Crippen molar-refractivity contribution in [2.45, 2.75) is 11.4 Å². The van der Waals surface area contributed by atoms with Crippen molar-refractivity contribution in [1.82, 2.24) is 14.1 Å². The summed E-state index contributed by atoms with van der Waals surface area (Å²) in [4.78, 5) is 17.5. The van der Waals surface area contributed by atoms with Crippen molar-refractivity contribution < 1.29 is 32.2 Å². The summed E-state index contributed by atoms with van der Waals surface area (Å²) >= 11 is 0. The Bertz CT molecular complexity index is 1190. The van der Waals surface area contributed by atoms with E-state index in [2.05, 4.69) is 4.90 Å². The fourth-order valence-corrected chi connectivity index (χ4v) is 5.96. The molecule has 10 nitrogen and oxygen atoms in total. The van der Waals surface area contributed by atoms with Crippen molar-refractivity contribution in [3.8, 4) is 17.2 Å². The molecule has 2 aromatic rings. The molecule has 2 saturated heterocycles. The van der Waals surface area contributed by atoms with Gasteiger partial charge < -0.3 is 23.8 Å². The standard InChI is InChI=1S/C24H29N3O7S/c1-31-21-5-3-19(35(29,30)27-10-12-32-13-11-27)15-20(21)24(28)26-8-6-25(7-9-26)16-18-2-4-22-23(14-18)34-17-33-22/h2-5,14-15H,6-13,16-17H2,1H3. The van der Waals surface area contributed by atoms with Crippen LogP contribution in [-0.2, 0) is 21.3 Å². The minimum Gasteiger partial charge on any atom is -0.496 e. The van der Waals surface area contributed by atoms with Crippen LogP contribution in [0.25, 0.3) is 0 Å². The maximum atomic E-state index is 13.4. The van der Waals surface area contributed by atoms with Crippen LogP contribution in [-0.4, -0.2) is 94.8 Å². The first-order valence-electron chi connectivity index (χ1n) is 11.6. The van der Waals surface area contributed by atoms with Gasteiger partial charge in [-0.1, -0.05) is 6.07 Å². The Morgan fingerprint density at radius 2 is 1.69 bits per heavy atom. The third kappa shape index (κ3) is 4.94. The Morgan fingerprint density at radius 1 is 0.943 bits per heavy atom. The zero-order valence-electron chi connectivity index (χ0n) is 19.6. The topological polar surface area (TPSA) is 97.8 Å². The number of carbonyl (C=O) groups is 1. The van der Waals surface area contributed by atoms with E-state index in [1.165, 1.54) is 23.5 Å². The zero-order valence-corrected chi connectivity index (χ0v) is 20.5. The van der Waals surface area contributed by atoms with Crippen LogP contribution < -0.4 is 14.2 Å². The first-order valence-corrected chi connectivity index (χ1v) is 13.1. The number of ether oxygens (including phenoxy) is 4. The van der Waals surface area contributed by atoms with Gasteiger partial charge in [0.15, 0.2) is 11.5 Å². The molecule has 0 spiro atoms. The van der Waals surface area contributed by atoms with Gasteiger partial charge in [0.2, 0.25) is 16.8 Å². The molecule has 0 unspecified atom stereocenters. The normalized spacial score (nSPS) is 19.1. The number of methoxy groups -OCH3 is 1. The molecule has 2 fully saturated rings. The predicted molar refractivity (Wildman–Crippen MR) is 126 cm³/mol. The van der Waals surface area contributed by atoms with Gasteiger partial charge in [-0.25, -0.2) is 8.42 Å². The number of hydrogen-bond acceptors (Lipinski definition) is 8. The molecule has 0 aromatic heterocycles. The molecule has 3 heterocycles. The lowest BCUT2D eigenvalue weighted by molar-refractivity contribution is 0.0625. The molecule has 11 heteroatoms. The third-order valence-corrected chi connectivity index (χ3v) is 8.41. The first kappa shape index (κ1) is 23.9.